The zero-order valence-corrected chi connectivity index (χ0v) is 22.4. The molecule has 3 aliphatic rings. The highest BCUT2D eigenvalue weighted by atomic mass is 16.1. The molecule has 0 aromatic heterocycles. The summed E-state index contributed by atoms with van der Waals surface area (Å²) in [6, 6.07) is 15.9. The second-order valence-electron chi connectivity index (χ2n) is 11.4. The van der Waals surface area contributed by atoms with Crippen molar-refractivity contribution >= 4 is 16.7 Å². The standard InChI is InChI=1S/C30H45N5O/c1-3-35-12-6-9-29(35)19-31-30(36)28-18-25(21-33-15-13-32(2)14-16-33)22-34(23-28)20-24-10-11-26-7-4-5-8-27(26)17-24/h4-5,7-8,10-11,17,25,28-29H,3,6,9,12-16,18-23H2,1-2H3,(H,31,36)/t25-,28-,29?/m1/s1. The quantitative estimate of drug-likeness (QED) is 0.615. The third-order valence-electron chi connectivity index (χ3n) is 8.73. The number of carbonyl (C=O) groups is 1. The Kier molecular flexibility index (Phi) is 8.58. The minimum Gasteiger partial charge on any atom is -0.354 e. The van der Waals surface area contributed by atoms with Crippen LogP contribution in [0.15, 0.2) is 42.5 Å². The highest BCUT2D eigenvalue weighted by molar-refractivity contribution is 5.83. The maximum absolute atomic E-state index is 13.4. The van der Waals surface area contributed by atoms with Crippen molar-refractivity contribution in [1.29, 1.82) is 0 Å². The van der Waals surface area contributed by atoms with Gasteiger partial charge in [0.15, 0.2) is 0 Å². The number of hydrogen-bond donors (Lipinski definition) is 1. The van der Waals surface area contributed by atoms with Crippen molar-refractivity contribution < 1.29 is 4.79 Å². The molecule has 0 radical (unpaired) electrons. The molecule has 196 valence electrons. The zero-order chi connectivity index (χ0) is 24.9. The molecule has 3 saturated heterocycles. The van der Waals surface area contributed by atoms with Gasteiger partial charge in [-0.1, -0.05) is 43.3 Å². The maximum atomic E-state index is 13.4. The third-order valence-corrected chi connectivity index (χ3v) is 8.73. The topological polar surface area (TPSA) is 42.1 Å². The summed E-state index contributed by atoms with van der Waals surface area (Å²) in [7, 11) is 2.22. The van der Waals surface area contributed by atoms with Crippen LogP contribution in [0.4, 0.5) is 0 Å². The second-order valence-corrected chi connectivity index (χ2v) is 11.4. The first-order valence-corrected chi connectivity index (χ1v) is 14.2. The third kappa shape index (κ3) is 6.46. The first-order chi connectivity index (χ1) is 17.6. The van der Waals surface area contributed by atoms with Gasteiger partial charge in [0.1, 0.15) is 0 Å². The number of carbonyl (C=O) groups excluding carboxylic acids is 1. The number of likely N-dealkylation sites (tertiary alicyclic amines) is 2. The predicted molar refractivity (Wildman–Crippen MR) is 148 cm³/mol. The molecule has 0 saturated carbocycles. The number of piperidine rings is 1. The van der Waals surface area contributed by atoms with Gasteiger partial charge < -0.3 is 15.1 Å². The Hall–Kier alpha value is -1.99. The normalized spacial score (nSPS) is 27.0. The number of nitrogens with one attached hydrogen (secondary N) is 1. The van der Waals surface area contributed by atoms with E-state index >= 15 is 0 Å². The number of piperazine rings is 1. The Morgan fingerprint density at radius 2 is 1.78 bits per heavy atom. The molecule has 3 heterocycles. The maximum Gasteiger partial charge on any atom is 0.224 e. The van der Waals surface area contributed by atoms with Crippen LogP contribution in [-0.4, -0.2) is 104 Å². The van der Waals surface area contributed by atoms with Gasteiger partial charge in [0.05, 0.1) is 5.92 Å². The van der Waals surface area contributed by atoms with Gasteiger partial charge in [0.25, 0.3) is 0 Å². The van der Waals surface area contributed by atoms with Gasteiger partial charge in [-0.15, -0.1) is 0 Å². The molecular formula is C30H45N5O. The van der Waals surface area contributed by atoms with E-state index in [9.17, 15) is 4.79 Å². The predicted octanol–water partition coefficient (Wildman–Crippen LogP) is 3.13. The Bertz CT molecular complexity index is 1000. The Morgan fingerprint density at radius 3 is 2.58 bits per heavy atom. The lowest BCUT2D eigenvalue weighted by Crippen LogP contribution is -2.52. The van der Waals surface area contributed by atoms with E-state index in [1.807, 2.05) is 0 Å². The zero-order valence-electron chi connectivity index (χ0n) is 22.4. The van der Waals surface area contributed by atoms with Gasteiger partial charge in [-0.2, -0.15) is 0 Å². The van der Waals surface area contributed by atoms with Crippen LogP contribution >= 0.6 is 0 Å². The lowest BCUT2D eigenvalue weighted by atomic mass is 9.87. The van der Waals surface area contributed by atoms with Crippen molar-refractivity contribution in [1.82, 2.24) is 24.9 Å². The number of fused-ring (bicyclic) bond motifs is 1. The number of hydrogen-bond acceptors (Lipinski definition) is 5. The number of rotatable bonds is 8. The van der Waals surface area contributed by atoms with Crippen molar-refractivity contribution in [3.05, 3.63) is 48.0 Å². The van der Waals surface area contributed by atoms with Gasteiger partial charge in [-0.25, -0.2) is 0 Å². The summed E-state index contributed by atoms with van der Waals surface area (Å²) in [5.41, 5.74) is 1.35. The number of benzene rings is 2. The van der Waals surface area contributed by atoms with E-state index < -0.39 is 0 Å². The van der Waals surface area contributed by atoms with Crippen molar-refractivity contribution in [3.8, 4) is 0 Å². The van der Waals surface area contributed by atoms with Gasteiger partial charge in [-0.05, 0) is 67.7 Å². The molecule has 3 aliphatic heterocycles. The monoisotopic (exact) mass is 491 g/mol. The fourth-order valence-corrected chi connectivity index (χ4v) is 6.65. The summed E-state index contributed by atoms with van der Waals surface area (Å²) in [6.45, 7) is 13.8. The molecule has 6 heteroatoms. The number of nitrogens with zero attached hydrogens (tertiary/aromatic N) is 4. The summed E-state index contributed by atoms with van der Waals surface area (Å²) < 4.78 is 0. The smallest absolute Gasteiger partial charge is 0.224 e. The molecule has 0 aliphatic carbocycles. The first kappa shape index (κ1) is 25.7. The number of amides is 1. The SMILES string of the molecule is CCN1CCCC1CNC(=O)[C@@H]1C[C@H](CN2CCN(C)CC2)CN(Cc2ccc3ccccc3c2)C1. The van der Waals surface area contributed by atoms with E-state index in [1.54, 1.807) is 0 Å². The van der Waals surface area contributed by atoms with Crippen LogP contribution in [0, 0.1) is 11.8 Å². The molecule has 36 heavy (non-hydrogen) atoms. The summed E-state index contributed by atoms with van der Waals surface area (Å²) >= 11 is 0. The van der Waals surface area contributed by atoms with E-state index in [0.717, 1.165) is 71.9 Å². The van der Waals surface area contributed by atoms with Gasteiger partial charge in [0, 0.05) is 64.9 Å². The molecule has 1 amide bonds. The molecule has 3 atom stereocenters. The van der Waals surface area contributed by atoms with Gasteiger partial charge in [0.2, 0.25) is 5.91 Å². The number of likely N-dealkylation sites (N-methyl/N-ethyl adjacent to an activating group) is 2. The largest absolute Gasteiger partial charge is 0.354 e. The molecule has 0 spiro atoms. The fraction of sp³-hybridized carbons (Fsp3) is 0.633. The highest BCUT2D eigenvalue weighted by Gasteiger charge is 2.33. The van der Waals surface area contributed by atoms with Crippen LogP contribution in [0.1, 0.15) is 31.7 Å². The Labute approximate surface area is 217 Å². The van der Waals surface area contributed by atoms with E-state index in [1.165, 1.54) is 35.7 Å². The molecule has 2 aromatic carbocycles. The lowest BCUT2D eigenvalue weighted by Gasteiger charge is -2.41. The highest BCUT2D eigenvalue weighted by Crippen LogP contribution is 2.26. The molecular weight excluding hydrogens is 446 g/mol. The molecule has 0 bridgehead atoms. The summed E-state index contributed by atoms with van der Waals surface area (Å²) in [6.07, 6.45) is 3.47. The first-order valence-electron chi connectivity index (χ1n) is 14.2. The van der Waals surface area contributed by atoms with Crippen LogP contribution in [0.2, 0.25) is 0 Å². The average molecular weight is 492 g/mol. The summed E-state index contributed by atoms with van der Waals surface area (Å²) in [5, 5.41) is 5.96. The van der Waals surface area contributed by atoms with Crippen molar-refractivity contribution in [2.75, 3.05) is 72.5 Å². The molecule has 1 N–H and O–H groups in total. The van der Waals surface area contributed by atoms with E-state index in [2.05, 4.69) is 81.4 Å². The van der Waals surface area contributed by atoms with Crippen LogP contribution in [0.5, 0.6) is 0 Å². The Morgan fingerprint density at radius 1 is 0.972 bits per heavy atom. The summed E-state index contributed by atoms with van der Waals surface area (Å²) in [4.78, 5) is 23.5. The molecule has 2 aromatic rings. The molecule has 6 nitrogen and oxygen atoms in total. The summed E-state index contributed by atoms with van der Waals surface area (Å²) in [5.74, 6) is 0.884. The van der Waals surface area contributed by atoms with Crippen LogP contribution in [0.25, 0.3) is 10.8 Å². The molecule has 5 rings (SSSR count). The van der Waals surface area contributed by atoms with Crippen molar-refractivity contribution in [2.45, 2.75) is 38.8 Å². The van der Waals surface area contributed by atoms with E-state index in [4.69, 9.17) is 0 Å². The Balaban J connectivity index is 1.24. The average Bonchev–Trinajstić information content (AvgIpc) is 3.36. The van der Waals surface area contributed by atoms with Crippen LogP contribution in [0.3, 0.4) is 0 Å². The fourth-order valence-electron chi connectivity index (χ4n) is 6.65. The minimum atomic E-state index is 0.0770. The van der Waals surface area contributed by atoms with Gasteiger partial charge >= 0.3 is 0 Å². The van der Waals surface area contributed by atoms with E-state index in [-0.39, 0.29) is 11.8 Å². The molecule has 3 fully saturated rings. The van der Waals surface area contributed by atoms with Crippen LogP contribution in [-0.2, 0) is 11.3 Å². The second kappa shape index (κ2) is 12.0. The van der Waals surface area contributed by atoms with Crippen molar-refractivity contribution in [2.24, 2.45) is 11.8 Å². The van der Waals surface area contributed by atoms with E-state index in [0.29, 0.717) is 12.0 Å². The minimum absolute atomic E-state index is 0.0770. The molecule has 1 unspecified atom stereocenters. The van der Waals surface area contributed by atoms with Crippen molar-refractivity contribution in [3.63, 3.8) is 0 Å². The van der Waals surface area contributed by atoms with Gasteiger partial charge in [-0.3, -0.25) is 14.6 Å². The lowest BCUT2D eigenvalue weighted by molar-refractivity contribution is -0.128. The van der Waals surface area contributed by atoms with Crippen LogP contribution < -0.4 is 5.32 Å².